The summed E-state index contributed by atoms with van der Waals surface area (Å²) in [4.78, 5) is 36.9. The van der Waals surface area contributed by atoms with Gasteiger partial charge in [-0.2, -0.15) is 4.68 Å². The highest BCUT2D eigenvalue weighted by Crippen LogP contribution is 2.55. The van der Waals surface area contributed by atoms with Crippen molar-refractivity contribution >= 4 is 43.8 Å². The van der Waals surface area contributed by atoms with Crippen LogP contribution in [0.5, 0.6) is 0 Å². The molecule has 39 heavy (non-hydrogen) atoms. The molecule has 0 spiro atoms. The summed E-state index contributed by atoms with van der Waals surface area (Å²) < 4.78 is 34.7. The molecule has 5 atom stereocenters. The largest absolute Gasteiger partial charge is 0.387 e. The van der Waals surface area contributed by atoms with E-state index in [1.165, 1.54) is 4.68 Å². The van der Waals surface area contributed by atoms with Gasteiger partial charge in [0, 0.05) is 18.0 Å². The number of nitrogens with zero attached hydrogens (tertiary/aromatic N) is 5. The lowest BCUT2D eigenvalue weighted by Gasteiger charge is -2.18. The van der Waals surface area contributed by atoms with Gasteiger partial charge in [0.25, 0.3) is 0 Å². The molecule has 5 rings (SSSR count). The van der Waals surface area contributed by atoms with Gasteiger partial charge in [-0.3, -0.25) is 9.13 Å². The first-order valence-electron chi connectivity index (χ1n) is 12.0. The molecule has 6 N–H and O–H groups in total. The number of ether oxygens (including phenoxy) is 1. The molecular weight excluding hydrogens is 578 g/mol. The number of fused-ring (bicyclic) bond motifs is 1. The Balaban J connectivity index is 1.39. The average molecular weight is 605 g/mol. The summed E-state index contributed by atoms with van der Waals surface area (Å²) in [7, 11) is -9.54. The molecule has 1 unspecified atom stereocenters. The third-order valence-electron chi connectivity index (χ3n) is 6.32. The van der Waals surface area contributed by atoms with Crippen molar-refractivity contribution in [3.63, 3.8) is 0 Å². The van der Waals surface area contributed by atoms with E-state index >= 15 is 0 Å². The van der Waals surface area contributed by atoms with Crippen LogP contribution in [0.2, 0.25) is 5.02 Å². The van der Waals surface area contributed by atoms with E-state index in [-0.39, 0.29) is 11.2 Å². The predicted molar refractivity (Wildman–Crippen MR) is 137 cm³/mol. The Kier molecular flexibility index (Phi) is 8.11. The molecule has 1 aliphatic heterocycles. The topological polar surface area (TPSA) is 222 Å². The van der Waals surface area contributed by atoms with Crippen LogP contribution < -0.4 is 5.32 Å². The summed E-state index contributed by atoms with van der Waals surface area (Å²) >= 11 is 6.28. The fourth-order valence-electron chi connectivity index (χ4n) is 4.19. The molecule has 2 aliphatic rings. The Labute approximate surface area is 226 Å². The summed E-state index contributed by atoms with van der Waals surface area (Å²) in [5.41, 5.74) is 1.35. The average Bonchev–Trinajstić information content (AvgIpc) is 3.49. The van der Waals surface area contributed by atoms with E-state index in [1.807, 2.05) is 18.2 Å². The zero-order chi connectivity index (χ0) is 27.9. The molecular formula is C21H27ClN6O9P2. The Morgan fingerprint density at radius 3 is 2.56 bits per heavy atom. The van der Waals surface area contributed by atoms with Crippen LogP contribution in [0.25, 0.3) is 11.2 Å². The monoisotopic (exact) mass is 604 g/mol. The van der Waals surface area contributed by atoms with E-state index in [0.717, 1.165) is 18.4 Å². The van der Waals surface area contributed by atoms with Crippen molar-refractivity contribution in [1.29, 1.82) is 0 Å². The molecule has 2 fully saturated rings. The number of benzene rings is 1. The van der Waals surface area contributed by atoms with Gasteiger partial charge < -0.3 is 39.5 Å². The summed E-state index contributed by atoms with van der Waals surface area (Å²) in [6, 6.07) is 7.33. The fourth-order valence-corrected chi connectivity index (χ4v) is 6.97. The first-order chi connectivity index (χ1) is 18.4. The SMILES string of the molecule is O=P(O)(O)CP(=O)(O)OC[C@H]1O[C@@H](n2nnc3c(NCc4ccccc4Cl)nc(CC4CC4)nc32)[C@H](O)[C@@H]1O. The van der Waals surface area contributed by atoms with Crippen LogP contribution in [-0.4, -0.2) is 80.7 Å². The number of nitrogens with one attached hydrogen (secondary N) is 1. The second-order valence-corrected chi connectivity index (χ2v) is 14.0. The van der Waals surface area contributed by atoms with Gasteiger partial charge in [-0.25, -0.2) is 9.97 Å². The lowest BCUT2D eigenvalue weighted by molar-refractivity contribution is -0.0550. The summed E-state index contributed by atoms with van der Waals surface area (Å²) in [6.45, 7) is -0.375. The van der Waals surface area contributed by atoms with Gasteiger partial charge in [-0.1, -0.05) is 35.0 Å². The normalized spacial score (nSPS) is 25.2. The number of aliphatic hydroxyl groups excluding tert-OH is 2. The van der Waals surface area contributed by atoms with E-state index < -0.39 is 52.2 Å². The molecule has 1 saturated heterocycles. The summed E-state index contributed by atoms with van der Waals surface area (Å²) in [6.07, 6.45) is -2.97. The number of anilines is 1. The molecule has 0 radical (unpaired) electrons. The standard InChI is InChI=1S/C21H27ClN6O9P2/c22-13-4-2-1-3-12(13)8-23-19-16-20(25-15(24-19)7-11-5-6-11)28(27-26-16)21-18(30)17(29)14(37-21)9-36-39(34,35)10-38(31,32)33/h1-4,11,14,17-18,21,29-30H,5-10H2,(H,34,35)(H,23,24,25)(H2,31,32,33)/t14-,17-,18-,21-/m1/s1. The molecule has 18 heteroatoms. The van der Waals surface area contributed by atoms with E-state index in [4.69, 9.17) is 30.6 Å². The van der Waals surface area contributed by atoms with Crippen LogP contribution in [0, 0.1) is 5.92 Å². The number of hydrogen-bond acceptors (Lipinski definition) is 11. The van der Waals surface area contributed by atoms with Crippen molar-refractivity contribution in [1.82, 2.24) is 25.0 Å². The van der Waals surface area contributed by atoms with Crippen LogP contribution in [-0.2, 0) is 31.4 Å². The van der Waals surface area contributed by atoms with Crippen LogP contribution in [0.3, 0.4) is 0 Å². The van der Waals surface area contributed by atoms with Gasteiger partial charge in [-0.15, -0.1) is 5.10 Å². The van der Waals surface area contributed by atoms with Gasteiger partial charge >= 0.3 is 15.2 Å². The minimum absolute atomic E-state index is 0.231. The molecule has 1 aliphatic carbocycles. The van der Waals surface area contributed by atoms with Crippen molar-refractivity contribution in [2.24, 2.45) is 5.92 Å². The molecule has 212 valence electrons. The fraction of sp³-hybridized carbons (Fsp3) is 0.524. The van der Waals surface area contributed by atoms with E-state index in [0.29, 0.717) is 35.5 Å². The molecule has 3 heterocycles. The number of aromatic nitrogens is 5. The molecule has 15 nitrogen and oxygen atoms in total. The van der Waals surface area contributed by atoms with Crippen molar-refractivity contribution in [3.05, 3.63) is 40.7 Å². The molecule has 1 aromatic carbocycles. The smallest absolute Gasteiger partial charge is 0.340 e. The lowest BCUT2D eigenvalue weighted by atomic mass is 10.1. The first kappa shape index (κ1) is 28.5. The number of halogens is 1. The van der Waals surface area contributed by atoms with Crippen molar-refractivity contribution in [2.45, 2.75) is 50.3 Å². The second kappa shape index (κ2) is 11.1. The van der Waals surface area contributed by atoms with E-state index in [9.17, 15) is 24.2 Å². The molecule has 0 bridgehead atoms. The number of hydrogen-bond donors (Lipinski definition) is 6. The Morgan fingerprint density at radius 2 is 1.87 bits per heavy atom. The van der Waals surface area contributed by atoms with Crippen molar-refractivity contribution < 1.29 is 43.3 Å². The number of aliphatic hydroxyl groups is 2. The van der Waals surface area contributed by atoms with Gasteiger partial charge in [0.05, 0.1) is 6.61 Å². The Bertz CT molecular complexity index is 1450. The van der Waals surface area contributed by atoms with Gasteiger partial charge in [0.1, 0.15) is 24.1 Å². The zero-order valence-corrected chi connectivity index (χ0v) is 22.9. The number of rotatable bonds is 11. The molecule has 1 saturated carbocycles. The predicted octanol–water partition coefficient (Wildman–Crippen LogP) is 1.40. The Hall–Kier alpha value is -2.03. The highest BCUT2D eigenvalue weighted by Gasteiger charge is 2.46. The third-order valence-corrected chi connectivity index (χ3v) is 10.1. The second-order valence-electron chi connectivity index (χ2n) is 9.57. The van der Waals surface area contributed by atoms with Gasteiger partial charge in [0.15, 0.2) is 29.1 Å². The highest BCUT2D eigenvalue weighted by molar-refractivity contribution is 7.70. The highest BCUT2D eigenvalue weighted by atomic mass is 35.5. The minimum atomic E-state index is -4.84. The maximum atomic E-state index is 12.0. The van der Waals surface area contributed by atoms with Crippen LogP contribution in [0.1, 0.15) is 30.5 Å². The minimum Gasteiger partial charge on any atom is -0.387 e. The van der Waals surface area contributed by atoms with Crippen LogP contribution in [0.4, 0.5) is 5.82 Å². The maximum absolute atomic E-state index is 12.0. The van der Waals surface area contributed by atoms with E-state index in [1.54, 1.807) is 6.07 Å². The van der Waals surface area contributed by atoms with E-state index in [2.05, 4.69) is 25.6 Å². The van der Waals surface area contributed by atoms with Gasteiger partial charge in [0.2, 0.25) is 0 Å². The summed E-state index contributed by atoms with van der Waals surface area (Å²) in [5.74, 6) is -0.00921. The quantitative estimate of drug-likeness (QED) is 0.170. The van der Waals surface area contributed by atoms with Crippen LogP contribution >= 0.6 is 26.8 Å². The van der Waals surface area contributed by atoms with Gasteiger partial charge in [-0.05, 0) is 30.4 Å². The summed E-state index contributed by atoms with van der Waals surface area (Å²) in [5, 5.41) is 33.2. The zero-order valence-electron chi connectivity index (χ0n) is 20.3. The molecule has 2 aromatic heterocycles. The Morgan fingerprint density at radius 1 is 1.13 bits per heavy atom. The maximum Gasteiger partial charge on any atom is 0.340 e. The molecule has 0 amide bonds. The van der Waals surface area contributed by atoms with Crippen molar-refractivity contribution in [2.75, 3.05) is 17.8 Å². The first-order valence-corrected chi connectivity index (χ1v) is 16.0. The third kappa shape index (κ3) is 6.83. The van der Waals surface area contributed by atoms with Crippen molar-refractivity contribution in [3.8, 4) is 0 Å². The molecule has 3 aromatic rings. The van der Waals surface area contributed by atoms with Crippen LogP contribution in [0.15, 0.2) is 24.3 Å². The lowest BCUT2D eigenvalue weighted by Crippen LogP contribution is -2.33.